The molecule has 0 fully saturated rings. The summed E-state index contributed by atoms with van der Waals surface area (Å²) in [6.07, 6.45) is 0. The number of rotatable bonds is 5. The van der Waals surface area contributed by atoms with E-state index in [0.717, 1.165) is 0 Å². The van der Waals surface area contributed by atoms with E-state index in [1.54, 1.807) is 7.05 Å². The molecule has 0 aliphatic carbocycles. The Hall–Kier alpha value is -2.48. The number of nitrogens with zero attached hydrogens (tertiary/aromatic N) is 3. The van der Waals surface area contributed by atoms with Crippen molar-refractivity contribution in [3.63, 3.8) is 0 Å². The van der Waals surface area contributed by atoms with Crippen LogP contribution in [0.2, 0.25) is 0 Å². The van der Waals surface area contributed by atoms with Crippen LogP contribution in [0.1, 0.15) is 18.9 Å². The number of hydrogen-bond acceptors (Lipinski definition) is 7. The highest BCUT2D eigenvalue weighted by Gasteiger charge is 2.18. The molecule has 0 radical (unpaired) electrons. The highest BCUT2D eigenvalue weighted by molar-refractivity contribution is 5.65. The third kappa shape index (κ3) is 2.59. The average molecular weight is 278 g/mol. The second kappa shape index (κ2) is 5.66. The number of ether oxygens (including phenoxy) is 1. The zero-order valence-corrected chi connectivity index (χ0v) is 11.3. The molecule has 20 heavy (non-hydrogen) atoms. The van der Waals surface area contributed by atoms with Crippen molar-refractivity contribution in [2.24, 2.45) is 0 Å². The molecule has 8 heteroatoms. The van der Waals surface area contributed by atoms with Gasteiger partial charge in [0.1, 0.15) is 5.75 Å². The maximum Gasteiger partial charge on any atom is 0.273 e. The summed E-state index contributed by atoms with van der Waals surface area (Å²) in [6.45, 7) is 1.88. The molecule has 0 aliphatic heterocycles. The van der Waals surface area contributed by atoms with Gasteiger partial charge in [-0.3, -0.25) is 10.1 Å². The minimum Gasteiger partial charge on any atom is -0.496 e. The molecule has 0 saturated carbocycles. The van der Waals surface area contributed by atoms with Crippen molar-refractivity contribution < 1.29 is 14.1 Å². The Morgan fingerprint density at radius 3 is 2.80 bits per heavy atom. The van der Waals surface area contributed by atoms with E-state index in [0.29, 0.717) is 17.2 Å². The molecule has 1 heterocycles. The van der Waals surface area contributed by atoms with Crippen molar-refractivity contribution in [3.8, 4) is 17.2 Å². The van der Waals surface area contributed by atoms with Crippen LogP contribution in [0.15, 0.2) is 22.6 Å². The van der Waals surface area contributed by atoms with Crippen molar-refractivity contribution in [2.45, 2.75) is 13.0 Å². The van der Waals surface area contributed by atoms with Crippen LogP contribution in [0.3, 0.4) is 0 Å². The molecule has 0 bridgehead atoms. The summed E-state index contributed by atoms with van der Waals surface area (Å²) in [5.41, 5.74) is 0.453. The minimum atomic E-state index is -0.491. The third-order valence-electron chi connectivity index (χ3n) is 2.87. The number of aromatic nitrogens is 2. The van der Waals surface area contributed by atoms with Crippen molar-refractivity contribution >= 4 is 5.69 Å². The average Bonchev–Trinajstić information content (AvgIpc) is 2.95. The van der Waals surface area contributed by atoms with Gasteiger partial charge in [-0.15, -0.1) is 10.2 Å². The summed E-state index contributed by atoms with van der Waals surface area (Å²) >= 11 is 0. The van der Waals surface area contributed by atoms with Crippen LogP contribution in [-0.2, 0) is 0 Å². The number of hydrogen-bond donors (Lipinski definition) is 1. The first-order chi connectivity index (χ1) is 9.56. The summed E-state index contributed by atoms with van der Waals surface area (Å²) in [6, 6.07) is 4.13. The number of nitro groups is 1. The summed E-state index contributed by atoms with van der Waals surface area (Å²) in [4.78, 5) is 10.2. The van der Waals surface area contributed by atoms with Gasteiger partial charge in [0.2, 0.25) is 5.89 Å². The van der Waals surface area contributed by atoms with E-state index in [2.05, 4.69) is 15.5 Å². The Morgan fingerprint density at radius 1 is 1.45 bits per heavy atom. The van der Waals surface area contributed by atoms with E-state index >= 15 is 0 Å². The molecule has 0 saturated heterocycles. The zero-order valence-electron chi connectivity index (χ0n) is 11.3. The molecule has 0 amide bonds. The van der Waals surface area contributed by atoms with E-state index in [-0.39, 0.29) is 17.6 Å². The highest BCUT2D eigenvalue weighted by Crippen LogP contribution is 2.32. The van der Waals surface area contributed by atoms with Crippen LogP contribution in [-0.4, -0.2) is 29.3 Å². The molecule has 0 aliphatic rings. The number of methoxy groups -OCH3 is 1. The Balaban J connectivity index is 2.41. The van der Waals surface area contributed by atoms with Gasteiger partial charge in [-0.2, -0.15) is 0 Å². The first kappa shape index (κ1) is 13.9. The summed E-state index contributed by atoms with van der Waals surface area (Å²) in [5.74, 6) is 1.00. The van der Waals surface area contributed by atoms with E-state index in [1.165, 1.54) is 25.3 Å². The number of benzene rings is 1. The van der Waals surface area contributed by atoms with Crippen molar-refractivity contribution in [2.75, 3.05) is 14.2 Å². The lowest BCUT2D eigenvalue weighted by molar-refractivity contribution is -0.384. The van der Waals surface area contributed by atoms with Gasteiger partial charge in [-0.05, 0) is 20.0 Å². The van der Waals surface area contributed by atoms with Crippen molar-refractivity contribution in [1.29, 1.82) is 0 Å². The van der Waals surface area contributed by atoms with E-state index in [4.69, 9.17) is 9.15 Å². The fourth-order valence-corrected chi connectivity index (χ4v) is 1.61. The Morgan fingerprint density at radius 2 is 2.20 bits per heavy atom. The zero-order chi connectivity index (χ0) is 14.7. The quantitative estimate of drug-likeness (QED) is 0.658. The van der Waals surface area contributed by atoms with Crippen LogP contribution in [0, 0.1) is 10.1 Å². The number of non-ortho nitro benzene ring substituents is 1. The maximum atomic E-state index is 10.7. The van der Waals surface area contributed by atoms with Gasteiger partial charge in [-0.1, -0.05) is 0 Å². The van der Waals surface area contributed by atoms with Gasteiger partial charge in [0.15, 0.2) is 0 Å². The van der Waals surface area contributed by atoms with Crippen LogP contribution in [0.4, 0.5) is 5.69 Å². The summed E-state index contributed by atoms with van der Waals surface area (Å²) < 4.78 is 10.7. The number of nitro benzene ring substituents is 1. The van der Waals surface area contributed by atoms with Gasteiger partial charge < -0.3 is 14.5 Å². The number of nitrogens with one attached hydrogen (secondary N) is 1. The van der Waals surface area contributed by atoms with Crippen LogP contribution < -0.4 is 10.1 Å². The van der Waals surface area contributed by atoms with Crippen molar-refractivity contribution in [1.82, 2.24) is 15.5 Å². The standard InChI is InChI=1S/C12H14N4O4/c1-7(13-2)11-14-15-12(20-11)9-5-4-8(16(17)18)6-10(9)19-3/h4-7,13H,1-3H3. The topological polar surface area (TPSA) is 103 Å². The van der Waals surface area contributed by atoms with Crippen LogP contribution in [0.5, 0.6) is 5.75 Å². The van der Waals surface area contributed by atoms with Crippen LogP contribution >= 0.6 is 0 Å². The molecule has 1 atom stereocenters. The Labute approximate surface area is 114 Å². The Bertz CT molecular complexity index is 626. The molecule has 1 unspecified atom stereocenters. The van der Waals surface area contributed by atoms with Crippen molar-refractivity contribution in [3.05, 3.63) is 34.2 Å². The van der Waals surface area contributed by atoms with Gasteiger partial charge in [0.05, 0.1) is 29.7 Å². The summed E-state index contributed by atoms with van der Waals surface area (Å²) in [7, 11) is 3.21. The first-order valence-electron chi connectivity index (χ1n) is 5.90. The van der Waals surface area contributed by atoms with Crippen LogP contribution in [0.25, 0.3) is 11.5 Å². The maximum absolute atomic E-state index is 10.7. The fraction of sp³-hybridized carbons (Fsp3) is 0.333. The molecule has 1 N–H and O–H groups in total. The van der Waals surface area contributed by atoms with Gasteiger partial charge in [0, 0.05) is 6.07 Å². The molecule has 106 valence electrons. The summed E-state index contributed by atoms with van der Waals surface area (Å²) in [5, 5.41) is 21.6. The molecule has 1 aromatic carbocycles. The second-order valence-corrected chi connectivity index (χ2v) is 4.10. The SMILES string of the molecule is CNC(C)c1nnc(-c2ccc([N+](=O)[O-])cc2OC)o1. The lowest BCUT2D eigenvalue weighted by Crippen LogP contribution is -2.12. The van der Waals surface area contributed by atoms with Gasteiger partial charge in [0.25, 0.3) is 11.6 Å². The van der Waals surface area contributed by atoms with E-state index in [9.17, 15) is 10.1 Å². The largest absolute Gasteiger partial charge is 0.496 e. The molecular formula is C12H14N4O4. The predicted octanol–water partition coefficient (Wildman–Crippen LogP) is 1.93. The van der Waals surface area contributed by atoms with E-state index in [1.807, 2.05) is 6.92 Å². The van der Waals surface area contributed by atoms with E-state index < -0.39 is 4.92 Å². The normalized spacial score (nSPS) is 12.2. The molecule has 2 rings (SSSR count). The molecule has 8 nitrogen and oxygen atoms in total. The third-order valence-corrected chi connectivity index (χ3v) is 2.87. The lowest BCUT2D eigenvalue weighted by atomic mass is 10.2. The predicted molar refractivity (Wildman–Crippen MR) is 70.4 cm³/mol. The van der Waals surface area contributed by atoms with Gasteiger partial charge in [-0.25, -0.2) is 0 Å². The minimum absolute atomic E-state index is 0.0612. The lowest BCUT2D eigenvalue weighted by Gasteiger charge is -2.05. The smallest absolute Gasteiger partial charge is 0.273 e. The monoisotopic (exact) mass is 278 g/mol. The fourth-order valence-electron chi connectivity index (χ4n) is 1.61. The first-order valence-corrected chi connectivity index (χ1v) is 5.90. The van der Waals surface area contributed by atoms with Gasteiger partial charge >= 0.3 is 0 Å². The Kier molecular flexibility index (Phi) is 3.94. The molecule has 0 spiro atoms. The highest BCUT2D eigenvalue weighted by atomic mass is 16.6. The second-order valence-electron chi connectivity index (χ2n) is 4.10. The molecule has 1 aromatic heterocycles. The molecular weight excluding hydrogens is 264 g/mol. The molecule has 2 aromatic rings.